The van der Waals surface area contributed by atoms with Crippen LogP contribution >= 0.6 is 0 Å². The summed E-state index contributed by atoms with van der Waals surface area (Å²) in [5, 5.41) is 14.0. The molecule has 0 bridgehead atoms. The maximum atomic E-state index is 10.6. The van der Waals surface area contributed by atoms with Crippen molar-refractivity contribution in [3.8, 4) is 11.5 Å². The van der Waals surface area contributed by atoms with Crippen LogP contribution in [-0.4, -0.2) is 56.4 Å². The Kier molecular flexibility index (Phi) is 5.23. The molecule has 2 N–H and O–H groups in total. The van der Waals surface area contributed by atoms with Crippen LogP contribution in [0.15, 0.2) is 18.2 Å². The first-order valence-electron chi connectivity index (χ1n) is 7.02. The molecule has 0 saturated carbocycles. The molecule has 0 amide bonds. The van der Waals surface area contributed by atoms with E-state index >= 15 is 0 Å². The predicted octanol–water partition coefficient (Wildman–Crippen LogP) is 1.03. The molecule has 0 aliphatic carbocycles. The molecule has 2 rings (SSSR count). The molecule has 0 spiro atoms. The number of nitrogens with one attached hydrogen (secondary N) is 1. The molecule has 1 fully saturated rings. The molecule has 0 radical (unpaired) electrons. The molecule has 20 heavy (non-hydrogen) atoms. The second-order valence-electron chi connectivity index (χ2n) is 5.08. The molecule has 1 aliphatic rings. The Morgan fingerprint density at radius 3 is 2.50 bits per heavy atom. The van der Waals surface area contributed by atoms with Gasteiger partial charge in [-0.15, -0.1) is 0 Å². The highest BCUT2D eigenvalue weighted by atomic mass is 16.5. The van der Waals surface area contributed by atoms with E-state index in [9.17, 15) is 5.11 Å². The number of piperazine rings is 1. The summed E-state index contributed by atoms with van der Waals surface area (Å²) in [4.78, 5) is 2.30. The normalized spacial score (nSPS) is 19.4. The number of hydrogen-bond donors (Lipinski definition) is 2. The van der Waals surface area contributed by atoms with E-state index < -0.39 is 6.10 Å². The zero-order valence-corrected chi connectivity index (χ0v) is 12.4. The van der Waals surface area contributed by atoms with Crippen molar-refractivity contribution in [1.29, 1.82) is 0 Å². The SMILES string of the molecule is COc1ccc(C(O)C(C)N2CCNCC2)c(OC)c1. The van der Waals surface area contributed by atoms with Gasteiger partial charge in [-0.1, -0.05) is 0 Å². The fourth-order valence-corrected chi connectivity index (χ4v) is 2.61. The van der Waals surface area contributed by atoms with Crippen LogP contribution < -0.4 is 14.8 Å². The average Bonchev–Trinajstić information content (AvgIpc) is 2.53. The summed E-state index contributed by atoms with van der Waals surface area (Å²) in [6.45, 7) is 5.90. The summed E-state index contributed by atoms with van der Waals surface area (Å²) in [6.07, 6.45) is -0.575. The molecule has 112 valence electrons. The highest BCUT2D eigenvalue weighted by Crippen LogP contribution is 2.32. The Morgan fingerprint density at radius 2 is 1.90 bits per heavy atom. The van der Waals surface area contributed by atoms with Crippen molar-refractivity contribution in [2.45, 2.75) is 19.1 Å². The Labute approximate surface area is 120 Å². The third-order valence-electron chi connectivity index (χ3n) is 3.94. The monoisotopic (exact) mass is 280 g/mol. The highest BCUT2D eigenvalue weighted by Gasteiger charge is 2.26. The topological polar surface area (TPSA) is 54.0 Å². The molecule has 1 saturated heterocycles. The van der Waals surface area contributed by atoms with Gasteiger partial charge in [-0.05, 0) is 19.1 Å². The van der Waals surface area contributed by atoms with E-state index in [2.05, 4.69) is 17.1 Å². The average molecular weight is 280 g/mol. The molecule has 5 nitrogen and oxygen atoms in total. The van der Waals surface area contributed by atoms with Crippen molar-refractivity contribution in [2.24, 2.45) is 0 Å². The molecular formula is C15H24N2O3. The predicted molar refractivity (Wildman–Crippen MR) is 78.4 cm³/mol. The molecule has 1 aromatic rings. The number of aliphatic hydroxyl groups excluding tert-OH is 1. The number of methoxy groups -OCH3 is 2. The Morgan fingerprint density at radius 1 is 1.20 bits per heavy atom. The Bertz CT molecular complexity index is 433. The van der Waals surface area contributed by atoms with E-state index in [1.54, 1.807) is 14.2 Å². The van der Waals surface area contributed by atoms with Crippen LogP contribution in [-0.2, 0) is 0 Å². The van der Waals surface area contributed by atoms with Gasteiger partial charge in [0.05, 0.1) is 20.3 Å². The van der Waals surface area contributed by atoms with Crippen molar-refractivity contribution < 1.29 is 14.6 Å². The number of hydrogen-bond acceptors (Lipinski definition) is 5. The fourth-order valence-electron chi connectivity index (χ4n) is 2.61. The van der Waals surface area contributed by atoms with Gasteiger partial charge in [0.25, 0.3) is 0 Å². The van der Waals surface area contributed by atoms with Crippen LogP contribution in [0.5, 0.6) is 11.5 Å². The van der Waals surface area contributed by atoms with E-state index in [1.807, 2.05) is 18.2 Å². The summed E-state index contributed by atoms with van der Waals surface area (Å²) < 4.78 is 10.6. The molecule has 0 aromatic heterocycles. The lowest BCUT2D eigenvalue weighted by atomic mass is 10.0. The van der Waals surface area contributed by atoms with Crippen molar-refractivity contribution in [2.75, 3.05) is 40.4 Å². The summed E-state index contributed by atoms with van der Waals surface area (Å²) in [5.41, 5.74) is 0.805. The van der Waals surface area contributed by atoms with Crippen LogP contribution in [0, 0.1) is 0 Å². The minimum atomic E-state index is -0.575. The summed E-state index contributed by atoms with van der Waals surface area (Å²) in [7, 11) is 3.23. The van der Waals surface area contributed by atoms with Crippen LogP contribution in [0.2, 0.25) is 0 Å². The van der Waals surface area contributed by atoms with Crippen molar-refractivity contribution in [3.63, 3.8) is 0 Å². The second kappa shape index (κ2) is 6.92. The van der Waals surface area contributed by atoms with Crippen LogP contribution in [0.25, 0.3) is 0 Å². The molecular weight excluding hydrogens is 256 g/mol. The maximum absolute atomic E-state index is 10.6. The first-order valence-corrected chi connectivity index (χ1v) is 7.02. The first kappa shape index (κ1) is 15.1. The lowest BCUT2D eigenvalue weighted by molar-refractivity contribution is 0.0494. The minimum absolute atomic E-state index is 0.0550. The maximum Gasteiger partial charge on any atom is 0.128 e. The quantitative estimate of drug-likeness (QED) is 0.844. The Balaban J connectivity index is 2.16. The van der Waals surface area contributed by atoms with Crippen molar-refractivity contribution in [1.82, 2.24) is 10.2 Å². The number of aliphatic hydroxyl groups is 1. The van der Waals surface area contributed by atoms with Crippen LogP contribution in [0.3, 0.4) is 0 Å². The lowest BCUT2D eigenvalue weighted by Gasteiger charge is -2.35. The summed E-state index contributed by atoms with van der Waals surface area (Å²) >= 11 is 0. The van der Waals surface area contributed by atoms with E-state index in [0.717, 1.165) is 37.5 Å². The Hall–Kier alpha value is -1.30. The van der Waals surface area contributed by atoms with Crippen LogP contribution in [0.4, 0.5) is 0 Å². The van der Waals surface area contributed by atoms with E-state index in [1.165, 1.54) is 0 Å². The van der Waals surface area contributed by atoms with Crippen molar-refractivity contribution >= 4 is 0 Å². The summed E-state index contributed by atoms with van der Waals surface area (Å²) in [6, 6.07) is 5.59. The highest BCUT2D eigenvalue weighted by molar-refractivity contribution is 5.42. The summed E-state index contributed by atoms with van der Waals surface area (Å²) in [5.74, 6) is 1.39. The molecule has 1 aromatic carbocycles. The number of nitrogens with zero attached hydrogens (tertiary/aromatic N) is 1. The smallest absolute Gasteiger partial charge is 0.128 e. The van der Waals surface area contributed by atoms with Gasteiger partial charge >= 0.3 is 0 Å². The lowest BCUT2D eigenvalue weighted by Crippen LogP contribution is -2.49. The molecule has 5 heteroatoms. The zero-order valence-electron chi connectivity index (χ0n) is 12.4. The molecule has 2 atom stereocenters. The standard InChI is InChI=1S/C15H24N2O3/c1-11(17-8-6-16-7-9-17)15(18)13-5-4-12(19-2)10-14(13)20-3/h4-5,10-11,15-16,18H,6-9H2,1-3H3. The van der Waals surface area contributed by atoms with E-state index in [0.29, 0.717) is 5.75 Å². The van der Waals surface area contributed by atoms with Crippen molar-refractivity contribution in [3.05, 3.63) is 23.8 Å². The van der Waals surface area contributed by atoms with Gasteiger partial charge in [0.15, 0.2) is 0 Å². The fraction of sp³-hybridized carbons (Fsp3) is 0.600. The number of benzene rings is 1. The zero-order chi connectivity index (χ0) is 14.5. The van der Waals surface area contributed by atoms with Gasteiger partial charge in [0.1, 0.15) is 11.5 Å². The minimum Gasteiger partial charge on any atom is -0.497 e. The van der Waals surface area contributed by atoms with Gasteiger partial charge < -0.3 is 19.9 Å². The van der Waals surface area contributed by atoms with E-state index in [4.69, 9.17) is 9.47 Å². The largest absolute Gasteiger partial charge is 0.497 e. The molecule has 2 unspecified atom stereocenters. The van der Waals surface area contributed by atoms with E-state index in [-0.39, 0.29) is 6.04 Å². The third kappa shape index (κ3) is 3.23. The third-order valence-corrected chi connectivity index (χ3v) is 3.94. The first-order chi connectivity index (χ1) is 9.67. The van der Waals surface area contributed by atoms with Gasteiger partial charge in [-0.25, -0.2) is 0 Å². The molecule has 1 aliphatic heterocycles. The molecule has 1 heterocycles. The van der Waals surface area contributed by atoms with Crippen LogP contribution in [0.1, 0.15) is 18.6 Å². The van der Waals surface area contributed by atoms with Gasteiger partial charge in [0, 0.05) is 43.9 Å². The second-order valence-corrected chi connectivity index (χ2v) is 5.08. The number of ether oxygens (including phenoxy) is 2. The van der Waals surface area contributed by atoms with Gasteiger partial charge in [-0.3, -0.25) is 4.90 Å². The van der Waals surface area contributed by atoms with Gasteiger partial charge in [-0.2, -0.15) is 0 Å². The van der Waals surface area contributed by atoms with Gasteiger partial charge in [0.2, 0.25) is 0 Å². The number of rotatable bonds is 5.